The predicted octanol–water partition coefficient (Wildman–Crippen LogP) is 3.86. The Bertz CT molecular complexity index is 1170. The first-order chi connectivity index (χ1) is 17.4. The van der Waals surface area contributed by atoms with Crippen molar-refractivity contribution in [1.29, 1.82) is 0 Å². The van der Waals surface area contributed by atoms with E-state index in [1.165, 1.54) is 20.4 Å². The van der Waals surface area contributed by atoms with Crippen molar-refractivity contribution in [3.8, 4) is 5.88 Å². The SMILES string of the molecule is CN=CC(=C(N)C(=O)N1CC(F)(F)C[C@@H](C)[C@H]1CNc1ccc(C(F)(F)F)cn1)c1cccc(OC)n1. The third kappa shape index (κ3) is 6.71. The highest BCUT2D eigenvalue weighted by Crippen LogP contribution is 2.35. The van der Waals surface area contributed by atoms with E-state index < -0.39 is 48.5 Å². The maximum atomic E-state index is 14.5. The summed E-state index contributed by atoms with van der Waals surface area (Å²) < 4.78 is 72.6. The Balaban J connectivity index is 1.91. The fourth-order valence-corrected chi connectivity index (χ4v) is 4.11. The van der Waals surface area contributed by atoms with Gasteiger partial charge in [0.15, 0.2) is 0 Å². The number of hydrogen-bond donors (Lipinski definition) is 2. The number of rotatable bonds is 7. The van der Waals surface area contributed by atoms with Gasteiger partial charge in [-0.25, -0.2) is 18.7 Å². The van der Waals surface area contributed by atoms with Crippen molar-refractivity contribution in [2.75, 3.05) is 32.6 Å². The summed E-state index contributed by atoms with van der Waals surface area (Å²) in [5.41, 5.74) is 5.32. The number of methoxy groups -OCH3 is 1. The molecule has 3 heterocycles. The lowest BCUT2D eigenvalue weighted by Crippen LogP contribution is -2.58. The number of alkyl halides is 5. The van der Waals surface area contributed by atoms with Gasteiger partial charge in [-0.3, -0.25) is 9.79 Å². The van der Waals surface area contributed by atoms with Crippen LogP contribution in [0.1, 0.15) is 24.6 Å². The number of likely N-dealkylation sites (tertiary alicyclic amines) is 1. The number of amides is 1. The molecule has 1 aliphatic heterocycles. The normalized spacial score (nSPS) is 20.5. The molecule has 37 heavy (non-hydrogen) atoms. The summed E-state index contributed by atoms with van der Waals surface area (Å²) in [7, 11) is 2.87. The number of allylic oxidation sites excluding steroid dienone is 1. The van der Waals surface area contributed by atoms with Crippen LogP contribution in [-0.4, -0.2) is 66.2 Å². The number of aromatic nitrogens is 2. The molecule has 0 radical (unpaired) electrons. The molecule has 0 saturated carbocycles. The number of hydrogen-bond acceptors (Lipinski definition) is 7. The van der Waals surface area contributed by atoms with Crippen molar-refractivity contribution in [3.05, 3.63) is 53.5 Å². The van der Waals surface area contributed by atoms with Gasteiger partial charge < -0.3 is 20.7 Å². The first-order valence-corrected chi connectivity index (χ1v) is 11.3. The summed E-state index contributed by atoms with van der Waals surface area (Å²) in [6, 6.07) is 6.02. The lowest BCUT2D eigenvalue weighted by Gasteiger charge is -2.43. The third-order valence-corrected chi connectivity index (χ3v) is 5.91. The summed E-state index contributed by atoms with van der Waals surface area (Å²) in [5.74, 6) is -4.32. The van der Waals surface area contributed by atoms with E-state index in [4.69, 9.17) is 10.5 Å². The predicted molar refractivity (Wildman–Crippen MR) is 128 cm³/mol. The van der Waals surface area contributed by atoms with Gasteiger partial charge in [-0.15, -0.1) is 0 Å². The molecule has 1 aliphatic rings. The van der Waals surface area contributed by atoms with Gasteiger partial charge in [-0.05, 0) is 24.1 Å². The molecule has 2 aromatic rings. The molecule has 3 N–H and O–H groups in total. The van der Waals surface area contributed by atoms with Gasteiger partial charge in [-0.2, -0.15) is 13.2 Å². The minimum atomic E-state index is -4.54. The highest BCUT2D eigenvalue weighted by molar-refractivity contribution is 6.18. The van der Waals surface area contributed by atoms with Gasteiger partial charge in [0, 0.05) is 44.1 Å². The van der Waals surface area contributed by atoms with E-state index in [0.29, 0.717) is 6.20 Å². The average Bonchev–Trinajstić information content (AvgIpc) is 2.84. The van der Waals surface area contributed by atoms with E-state index in [1.807, 2.05) is 0 Å². The van der Waals surface area contributed by atoms with Crippen LogP contribution < -0.4 is 15.8 Å². The van der Waals surface area contributed by atoms with Crippen LogP contribution in [0.15, 0.2) is 47.2 Å². The van der Waals surface area contributed by atoms with Gasteiger partial charge >= 0.3 is 6.18 Å². The van der Waals surface area contributed by atoms with E-state index in [0.717, 1.165) is 17.0 Å². The first-order valence-electron chi connectivity index (χ1n) is 11.3. The van der Waals surface area contributed by atoms with Crippen LogP contribution in [0.3, 0.4) is 0 Å². The average molecular weight is 527 g/mol. The third-order valence-electron chi connectivity index (χ3n) is 5.91. The van der Waals surface area contributed by atoms with E-state index in [-0.39, 0.29) is 35.2 Å². The molecule has 0 bridgehead atoms. The summed E-state index contributed by atoms with van der Waals surface area (Å²) in [6.07, 6.45) is -3.05. The summed E-state index contributed by atoms with van der Waals surface area (Å²) in [5, 5.41) is 2.85. The fraction of sp³-hybridized carbons (Fsp3) is 0.417. The number of piperidine rings is 1. The van der Waals surface area contributed by atoms with E-state index in [2.05, 4.69) is 20.3 Å². The Kier molecular flexibility index (Phi) is 8.34. The van der Waals surface area contributed by atoms with Gasteiger partial charge in [0.2, 0.25) is 5.88 Å². The van der Waals surface area contributed by atoms with Gasteiger partial charge in [-0.1, -0.05) is 13.0 Å². The molecule has 200 valence electrons. The zero-order valence-corrected chi connectivity index (χ0v) is 20.4. The van der Waals surface area contributed by atoms with E-state index in [9.17, 15) is 26.7 Å². The molecule has 0 aromatic carbocycles. The molecule has 1 fully saturated rings. The lowest BCUT2D eigenvalue weighted by atomic mass is 9.88. The number of nitrogens with zero attached hydrogens (tertiary/aromatic N) is 4. The molecule has 0 unspecified atom stereocenters. The van der Waals surface area contributed by atoms with E-state index >= 15 is 0 Å². The molecule has 0 aliphatic carbocycles. The van der Waals surface area contributed by atoms with Crippen molar-refractivity contribution in [1.82, 2.24) is 14.9 Å². The molecular weight excluding hydrogens is 499 g/mol. The number of carbonyl (C=O) groups excluding carboxylic acids is 1. The Morgan fingerprint density at radius 3 is 2.65 bits per heavy atom. The molecule has 1 saturated heterocycles. The monoisotopic (exact) mass is 526 g/mol. The fourth-order valence-electron chi connectivity index (χ4n) is 4.11. The van der Waals surface area contributed by atoms with Crippen LogP contribution in [0.25, 0.3) is 5.57 Å². The van der Waals surface area contributed by atoms with Crippen molar-refractivity contribution >= 4 is 23.5 Å². The number of ether oxygens (including phenoxy) is 1. The van der Waals surface area contributed by atoms with Crippen LogP contribution in [0.2, 0.25) is 0 Å². The molecular formula is C24H27F5N6O2. The topological polar surface area (TPSA) is 106 Å². The molecule has 2 atom stereocenters. The first kappa shape index (κ1) is 27.8. The number of carbonyl (C=O) groups is 1. The maximum Gasteiger partial charge on any atom is 0.417 e. The molecule has 0 spiro atoms. The number of nitrogens with two attached hydrogens (primary N) is 1. The smallest absolute Gasteiger partial charge is 0.417 e. The van der Waals surface area contributed by atoms with Crippen LogP contribution in [0.5, 0.6) is 5.88 Å². The zero-order valence-electron chi connectivity index (χ0n) is 20.4. The lowest BCUT2D eigenvalue weighted by molar-refractivity contribution is -0.148. The largest absolute Gasteiger partial charge is 0.481 e. The summed E-state index contributed by atoms with van der Waals surface area (Å²) >= 11 is 0. The second-order valence-corrected chi connectivity index (χ2v) is 8.63. The van der Waals surface area contributed by atoms with Crippen LogP contribution in [0.4, 0.5) is 27.8 Å². The zero-order chi connectivity index (χ0) is 27.4. The highest BCUT2D eigenvalue weighted by Gasteiger charge is 2.46. The quantitative estimate of drug-likeness (QED) is 0.323. The number of nitrogens with one attached hydrogen (secondary N) is 1. The van der Waals surface area contributed by atoms with Gasteiger partial charge in [0.05, 0.1) is 31.0 Å². The van der Waals surface area contributed by atoms with Crippen LogP contribution in [0, 0.1) is 5.92 Å². The standard InChI is InChI=1S/C24H27F5N6O2/c1-14-9-23(25,26)13-35(18(14)12-33-19-8-7-15(10-32-19)24(27,28)29)22(36)21(30)16(11-31-2)17-5-4-6-20(34-17)37-3/h4-8,10-11,14,18H,9,12-13,30H2,1-3H3,(H,32,33)/t14-,18-/m1/s1. The van der Waals surface area contributed by atoms with Gasteiger partial charge in [0.1, 0.15) is 11.5 Å². The van der Waals surface area contributed by atoms with Crippen LogP contribution in [-0.2, 0) is 11.0 Å². The Morgan fingerprint density at radius 1 is 1.32 bits per heavy atom. The highest BCUT2D eigenvalue weighted by atomic mass is 19.4. The van der Waals surface area contributed by atoms with Crippen molar-refractivity contribution in [2.45, 2.75) is 31.5 Å². The number of halogens is 5. The molecule has 3 rings (SSSR count). The molecule has 13 heteroatoms. The van der Waals surface area contributed by atoms with Gasteiger partial charge in [0.25, 0.3) is 11.8 Å². The second-order valence-electron chi connectivity index (χ2n) is 8.63. The molecule has 8 nitrogen and oxygen atoms in total. The second kappa shape index (κ2) is 11.1. The minimum absolute atomic E-state index is 0.0385. The van der Waals surface area contributed by atoms with Crippen molar-refractivity contribution in [2.24, 2.45) is 16.6 Å². The van der Waals surface area contributed by atoms with Crippen molar-refractivity contribution in [3.63, 3.8) is 0 Å². The Labute approximate surface area is 210 Å². The Morgan fingerprint density at radius 2 is 2.05 bits per heavy atom. The van der Waals surface area contributed by atoms with Crippen molar-refractivity contribution < 1.29 is 31.5 Å². The number of aliphatic imine (C=N–C) groups is 1. The van der Waals surface area contributed by atoms with Crippen LogP contribution >= 0.6 is 0 Å². The number of anilines is 1. The summed E-state index contributed by atoms with van der Waals surface area (Å²) in [4.78, 5) is 26.4. The van der Waals surface area contributed by atoms with E-state index in [1.54, 1.807) is 25.1 Å². The Hall–Kier alpha value is -3.77. The molecule has 1 amide bonds. The maximum absolute atomic E-state index is 14.5. The molecule has 2 aromatic heterocycles. The summed E-state index contributed by atoms with van der Waals surface area (Å²) in [6.45, 7) is 0.646. The number of pyridine rings is 2. The minimum Gasteiger partial charge on any atom is -0.481 e.